The van der Waals surface area contributed by atoms with E-state index in [4.69, 9.17) is 5.73 Å². The van der Waals surface area contributed by atoms with Crippen LogP contribution < -0.4 is 16.6 Å². The monoisotopic (exact) mass is 285 g/mol. The Morgan fingerprint density at radius 3 is 2.62 bits per heavy atom. The molecule has 0 saturated carbocycles. The average Bonchev–Trinajstić information content (AvgIpc) is 2.50. The molecule has 0 spiro atoms. The van der Waals surface area contributed by atoms with Gasteiger partial charge in [0.25, 0.3) is 5.56 Å². The first-order chi connectivity index (χ1) is 10.1. The van der Waals surface area contributed by atoms with Crippen molar-refractivity contribution >= 4 is 11.6 Å². The first kappa shape index (κ1) is 15.0. The summed E-state index contributed by atoms with van der Waals surface area (Å²) in [6.07, 6.45) is 1.82. The Labute approximate surface area is 123 Å². The molecule has 0 radical (unpaired) electrons. The number of benzene rings is 1. The zero-order chi connectivity index (χ0) is 15.2. The minimum atomic E-state index is -0.344. The molecule has 5 nitrogen and oxygen atoms in total. The highest BCUT2D eigenvalue weighted by Gasteiger charge is 2.11. The van der Waals surface area contributed by atoms with Gasteiger partial charge in [-0.1, -0.05) is 30.3 Å². The highest BCUT2D eigenvalue weighted by atomic mass is 16.1. The summed E-state index contributed by atoms with van der Waals surface area (Å²) in [5, 5.41) is 2.77. The highest BCUT2D eigenvalue weighted by molar-refractivity contribution is 5.91. The molecule has 0 aliphatic carbocycles. The summed E-state index contributed by atoms with van der Waals surface area (Å²) in [4.78, 5) is 23.5. The van der Waals surface area contributed by atoms with Gasteiger partial charge in [0.05, 0.1) is 5.69 Å². The van der Waals surface area contributed by atoms with E-state index in [1.54, 1.807) is 12.3 Å². The molecular formula is C16H19N3O2. The van der Waals surface area contributed by atoms with Crippen molar-refractivity contribution in [2.75, 3.05) is 5.32 Å². The second-order valence-corrected chi connectivity index (χ2v) is 4.81. The number of pyridine rings is 1. The van der Waals surface area contributed by atoms with Gasteiger partial charge in [0.2, 0.25) is 5.91 Å². The minimum absolute atomic E-state index is 0.0866. The first-order valence-corrected chi connectivity index (χ1v) is 6.91. The van der Waals surface area contributed by atoms with E-state index in [-0.39, 0.29) is 23.9 Å². The quantitative estimate of drug-likeness (QED) is 0.880. The van der Waals surface area contributed by atoms with Gasteiger partial charge in [-0.05, 0) is 18.6 Å². The Morgan fingerprint density at radius 1 is 1.24 bits per heavy atom. The molecule has 0 bridgehead atoms. The molecule has 0 aliphatic heterocycles. The van der Waals surface area contributed by atoms with Crippen molar-refractivity contribution in [3.63, 3.8) is 0 Å². The molecule has 2 rings (SSSR count). The molecule has 1 heterocycles. The van der Waals surface area contributed by atoms with E-state index in [9.17, 15) is 9.59 Å². The van der Waals surface area contributed by atoms with E-state index in [1.165, 1.54) is 10.6 Å². The van der Waals surface area contributed by atoms with Crippen LogP contribution in [0.4, 0.5) is 5.69 Å². The number of carbonyl (C=O) groups is 1. The van der Waals surface area contributed by atoms with Crippen LogP contribution in [0.25, 0.3) is 0 Å². The van der Waals surface area contributed by atoms with Crippen molar-refractivity contribution in [2.24, 2.45) is 5.73 Å². The van der Waals surface area contributed by atoms with Crippen molar-refractivity contribution < 1.29 is 4.79 Å². The maximum Gasteiger partial charge on any atom is 0.250 e. The molecule has 0 saturated heterocycles. The van der Waals surface area contributed by atoms with Gasteiger partial charge in [0.1, 0.15) is 0 Å². The molecule has 2 aromatic rings. The molecule has 1 unspecified atom stereocenters. The highest BCUT2D eigenvalue weighted by Crippen LogP contribution is 2.14. The molecule has 1 aromatic carbocycles. The summed E-state index contributed by atoms with van der Waals surface area (Å²) in [6.45, 7) is 2.43. The lowest BCUT2D eigenvalue weighted by Gasteiger charge is -2.12. The molecule has 1 aromatic heterocycles. The Kier molecular flexibility index (Phi) is 4.90. The topological polar surface area (TPSA) is 77.1 Å². The van der Waals surface area contributed by atoms with Crippen LogP contribution in [0.2, 0.25) is 0 Å². The number of anilines is 1. The molecule has 1 atom stereocenters. The van der Waals surface area contributed by atoms with E-state index >= 15 is 0 Å². The number of carbonyl (C=O) groups excluding carboxylic acids is 1. The van der Waals surface area contributed by atoms with Gasteiger partial charge in [-0.15, -0.1) is 0 Å². The maximum absolute atomic E-state index is 12.0. The molecule has 0 fully saturated rings. The van der Waals surface area contributed by atoms with E-state index in [0.717, 1.165) is 5.56 Å². The predicted octanol–water partition coefficient (Wildman–Crippen LogP) is 1.90. The number of hydrogen-bond donors (Lipinski definition) is 2. The number of hydrogen-bond acceptors (Lipinski definition) is 3. The number of aryl methyl sites for hydroxylation is 1. The molecule has 1 amide bonds. The summed E-state index contributed by atoms with van der Waals surface area (Å²) in [6, 6.07) is 12.2. The number of nitrogens with two attached hydrogens (primary N) is 1. The van der Waals surface area contributed by atoms with Crippen LogP contribution >= 0.6 is 0 Å². The van der Waals surface area contributed by atoms with Gasteiger partial charge in [0.15, 0.2) is 0 Å². The summed E-state index contributed by atoms with van der Waals surface area (Å²) >= 11 is 0. The molecule has 5 heteroatoms. The second kappa shape index (κ2) is 6.85. The van der Waals surface area contributed by atoms with Gasteiger partial charge < -0.3 is 15.6 Å². The molecule has 21 heavy (non-hydrogen) atoms. The van der Waals surface area contributed by atoms with Crippen LogP contribution in [0.3, 0.4) is 0 Å². The zero-order valence-corrected chi connectivity index (χ0v) is 12.0. The summed E-state index contributed by atoms with van der Waals surface area (Å²) in [5.41, 5.74) is 7.45. The molecular weight excluding hydrogens is 266 g/mol. The SMILES string of the molecule is CCn1cc(NC(=O)CC(N)c2ccccc2)ccc1=O. The molecule has 0 aliphatic rings. The lowest BCUT2D eigenvalue weighted by atomic mass is 10.0. The summed E-state index contributed by atoms with van der Waals surface area (Å²) in [7, 11) is 0. The fraction of sp³-hybridized carbons (Fsp3) is 0.250. The number of nitrogens with zero attached hydrogens (tertiary/aromatic N) is 1. The van der Waals surface area contributed by atoms with E-state index in [0.29, 0.717) is 12.2 Å². The van der Waals surface area contributed by atoms with Crippen molar-refractivity contribution in [3.05, 3.63) is 64.6 Å². The van der Waals surface area contributed by atoms with E-state index in [1.807, 2.05) is 37.3 Å². The van der Waals surface area contributed by atoms with Crippen molar-refractivity contribution in [1.29, 1.82) is 0 Å². The Morgan fingerprint density at radius 2 is 1.95 bits per heavy atom. The third kappa shape index (κ3) is 4.03. The maximum atomic E-state index is 12.0. The van der Waals surface area contributed by atoms with Crippen molar-refractivity contribution in [2.45, 2.75) is 25.9 Å². The third-order valence-corrected chi connectivity index (χ3v) is 3.24. The average molecular weight is 285 g/mol. The fourth-order valence-corrected chi connectivity index (χ4v) is 2.08. The smallest absolute Gasteiger partial charge is 0.250 e. The summed E-state index contributed by atoms with van der Waals surface area (Å²) in [5.74, 6) is -0.173. The van der Waals surface area contributed by atoms with Crippen molar-refractivity contribution in [3.8, 4) is 0 Å². The van der Waals surface area contributed by atoms with E-state index < -0.39 is 0 Å². The van der Waals surface area contributed by atoms with Crippen LogP contribution in [-0.2, 0) is 11.3 Å². The Balaban J connectivity index is 2.00. The predicted molar refractivity (Wildman–Crippen MR) is 83.0 cm³/mol. The lowest BCUT2D eigenvalue weighted by Crippen LogP contribution is -2.22. The summed E-state index contributed by atoms with van der Waals surface area (Å²) < 4.78 is 1.53. The Bertz CT molecular complexity index is 665. The zero-order valence-electron chi connectivity index (χ0n) is 12.0. The van der Waals surface area contributed by atoms with Crippen molar-refractivity contribution in [1.82, 2.24) is 4.57 Å². The number of nitrogens with one attached hydrogen (secondary N) is 1. The number of aromatic nitrogens is 1. The van der Waals surface area contributed by atoms with Gasteiger partial charge in [-0.2, -0.15) is 0 Å². The number of amides is 1. The molecule has 3 N–H and O–H groups in total. The van der Waals surface area contributed by atoms with Crippen LogP contribution in [0, 0.1) is 0 Å². The largest absolute Gasteiger partial charge is 0.325 e. The van der Waals surface area contributed by atoms with Crippen LogP contribution in [0.1, 0.15) is 24.9 Å². The Hall–Kier alpha value is -2.40. The normalized spacial score (nSPS) is 11.9. The fourth-order valence-electron chi connectivity index (χ4n) is 2.08. The lowest BCUT2D eigenvalue weighted by molar-refractivity contribution is -0.116. The second-order valence-electron chi connectivity index (χ2n) is 4.81. The van der Waals surface area contributed by atoms with Gasteiger partial charge in [-0.25, -0.2) is 0 Å². The van der Waals surface area contributed by atoms with Gasteiger partial charge >= 0.3 is 0 Å². The van der Waals surface area contributed by atoms with E-state index in [2.05, 4.69) is 5.32 Å². The number of rotatable bonds is 5. The molecule has 110 valence electrons. The minimum Gasteiger partial charge on any atom is -0.325 e. The van der Waals surface area contributed by atoms with Crippen LogP contribution in [0.15, 0.2) is 53.5 Å². The first-order valence-electron chi connectivity index (χ1n) is 6.91. The van der Waals surface area contributed by atoms with Crippen LogP contribution in [0.5, 0.6) is 0 Å². The third-order valence-electron chi connectivity index (χ3n) is 3.24. The standard InChI is InChI=1S/C16H19N3O2/c1-2-19-11-13(8-9-16(19)21)18-15(20)10-14(17)12-6-4-3-5-7-12/h3-9,11,14H,2,10,17H2,1H3,(H,18,20). The van der Waals surface area contributed by atoms with Crippen LogP contribution in [-0.4, -0.2) is 10.5 Å². The van der Waals surface area contributed by atoms with Gasteiger partial charge in [0, 0.05) is 31.3 Å². The van der Waals surface area contributed by atoms with Gasteiger partial charge in [-0.3, -0.25) is 9.59 Å².